The second kappa shape index (κ2) is 7.03. The van der Waals surface area contributed by atoms with Crippen molar-refractivity contribution in [1.82, 2.24) is 9.80 Å². The Kier molecular flexibility index (Phi) is 4.83. The quantitative estimate of drug-likeness (QED) is 0.798. The molecule has 6 heteroatoms. The molecule has 128 valence electrons. The van der Waals surface area contributed by atoms with Crippen LogP contribution in [0.2, 0.25) is 0 Å². The van der Waals surface area contributed by atoms with E-state index in [1.165, 1.54) is 9.80 Å². The summed E-state index contributed by atoms with van der Waals surface area (Å²) in [6.45, 7) is 2.53. The fourth-order valence-corrected chi connectivity index (χ4v) is 3.37. The van der Waals surface area contributed by atoms with Gasteiger partial charge in [0, 0.05) is 19.0 Å². The van der Waals surface area contributed by atoms with Crippen molar-refractivity contribution in [3.05, 3.63) is 35.9 Å². The molecular formula is C18H22N2O4. The number of carbonyl (C=O) groups is 3. The van der Waals surface area contributed by atoms with Gasteiger partial charge in [0.15, 0.2) is 0 Å². The molecule has 1 aromatic carbocycles. The highest BCUT2D eigenvalue weighted by atomic mass is 16.6. The largest absolute Gasteiger partial charge is 0.445 e. The topological polar surface area (TPSA) is 66.9 Å². The highest BCUT2D eigenvalue weighted by Gasteiger charge is 2.42. The molecule has 3 rings (SSSR count). The van der Waals surface area contributed by atoms with Crippen molar-refractivity contribution in [1.29, 1.82) is 0 Å². The molecule has 0 radical (unpaired) electrons. The molecule has 2 aliphatic rings. The molecular weight excluding hydrogens is 308 g/mol. The van der Waals surface area contributed by atoms with Crippen LogP contribution in [0.1, 0.15) is 38.2 Å². The van der Waals surface area contributed by atoms with E-state index >= 15 is 0 Å². The molecule has 0 N–H and O–H groups in total. The molecule has 2 aliphatic heterocycles. The maximum Gasteiger partial charge on any atom is 0.410 e. The summed E-state index contributed by atoms with van der Waals surface area (Å²) >= 11 is 0. The van der Waals surface area contributed by atoms with E-state index in [0.29, 0.717) is 25.8 Å². The van der Waals surface area contributed by atoms with Crippen molar-refractivity contribution in [3.63, 3.8) is 0 Å². The van der Waals surface area contributed by atoms with Crippen LogP contribution in [0.15, 0.2) is 30.3 Å². The lowest BCUT2D eigenvalue weighted by Crippen LogP contribution is -2.50. The van der Waals surface area contributed by atoms with Crippen LogP contribution in [-0.4, -0.2) is 46.3 Å². The molecule has 0 aromatic heterocycles. The number of rotatable bonds is 3. The van der Waals surface area contributed by atoms with Crippen molar-refractivity contribution in [2.24, 2.45) is 0 Å². The van der Waals surface area contributed by atoms with Gasteiger partial charge in [0.1, 0.15) is 12.6 Å². The Bertz CT molecular complexity index is 631. The van der Waals surface area contributed by atoms with E-state index in [0.717, 1.165) is 12.0 Å². The Morgan fingerprint density at radius 2 is 1.96 bits per heavy atom. The van der Waals surface area contributed by atoms with Crippen LogP contribution in [0, 0.1) is 0 Å². The summed E-state index contributed by atoms with van der Waals surface area (Å²) in [5.41, 5.74) is 0.899. The zero-order valence-corrected chi connectivity index (χ0v) is 13.8. The zero-order chi connectivity index (χ0) is 17.1. The van der Waals surface area contributed by atoms with Gasteiger partial charge in [0.05, 0.1) is 0 Å². The number of nitrogens with zero attached hydrogens (tertiary/aromatic N) is 2. The van der Waals surface area contributed by atoms with E-state index in [9.17, 15) is 14.4 Å². The third kappa shape index (κ3) is 3.27. The first-order valence-electron chi connectivity index (χ1n) is 8.41. The first kappa shape index (κ1) is 16.5. The SMILES string of the molecule is C[C@H]1CCC(=O)N1C(=O)[C@@H]1CCCN1C(=O)OCc1ccccc1. The molecule has 2 saturated heterocycles. The molecule has 0 bridgehead atoms. The van der Waals surface area contributed by atoms with Gasteiger partial charge >= 0.3 is 6.09 Å². The predicted molar refractivity (Wildman–Crippen MR) is 86.9 cm³/mol. The van der Waals surface area contributed by atoms with E-state index in [4.69, 9.17) is 4.74 Å². The molecule has 6 nitrogen and oxygen atoms in total. The van der Waals surface area contributed by atoms with Crippen LogP contribution in [0.5, 0.6) is 0 Å². The summed E-state index contributed by atoms with van der Waals surface area (Å²) in [5.74, 6) is -0.406. The number of likely N-dealkylation sites (tertiary alicyclic amines) is 2. The Morgan fingerprint density at radius 3 is 2.62 bits per heavy atom. The van der Waals surface area contributed by atoms with E-state index < -0.39 is 12.1 Å². The van der Waals surface area contributed by atoms with Crippen molar-refractivity contribution in [3.8, 4) is 0 Å². The van der Waals surface area contributed by atoms with Gasteiger partial charge in [-0.25, -0.2) is 4.79 Å². The van der Waals surface area contributed by atoms with Gasteiger partial charge < -0.3 is 4.74 Å². The van der Waals surface area contributed by atoms with Crippen molar-refractivity contribution in [2.75, 3.05) is 6.54 Å². The summed E-state index contributed by atoms with van der Waals surface area (Å²) in [7, 11) is 0. The van der Waals surface area contributed by atoms with Crippen molar-refractivity contribution >= 4 is 17.9 Å². The highest BCUT2D eigenvalue weighted by Crippen LogP contribution is 2.26. The van der Waals surface area contributed by atoms with E-state index in [-0.39, 0.29) is 24.5 Å². The summed E-state index contributed by atoms with van der Waals surface area (Å²) < 4.78 is 5.34. The number of imide groups is 1. The minimum absolute atomic E-state index is 0.0900. The number of benzene rings is 1. The number of amides is 3. The van der Waals surface area contributed by atoms with Crippen molar-refractivity contribution in [2.45, 2.75) is 51.3 Å². The zero-order valence-electron chi connectivity index (χ0n) is 13.8. The van der Waals surface area contributed by atoms with Gasteiger partial charge in [0.25, 0.3) is 5.91 Å². The number of carbonyl (C=O) groups excluding carboxylic acids is 3. The average molecular weight is 330 g/mol. The van der Waals surface area contributed by atoms with Crippen LogP contribution in [0.25, 0.3) is 0 Å². The molecule has 3 amide bonds. The highest BCUT2D eigenvalue weighted by molar-refractivity contribution is 6.00. The third-order valence-corrected chi connectivity index (χ3v) is 4.70. The fraction of sp³-hybridized carbons (Fsp3) is 0.500. The first-order valence-corrected chi connectivity index (χ1v) is 8.41. The summed E-state index contributed by atoms with van der Waals surface area (Å²) in [4.78, 5) is 39.8. The van der Waals surface area contributed by atoms with Crippen LogP contribution in [0.4, 0.5) is 4.79 Å². The monoisotopic (exact) mass is 330 g/mol. The molecule has 2 heterocycles. The van der Waals surface area contributed by atoms with Crippen LogP contribution in [-0.2, 0) is 20.9 Å². The second-order valence-electron chi connectivity index (χ2n) is 6.38. The lowest BCUT2D eigenvalue weighted by molar-refractivity contribution is -0.146. The molecule has 0 unspecified atom stereocenters. The van der Waals surface area contributed by atoms with E-state index in [2.05, 4.69) is 0 Å². The molecule has 0 spiro atoms. The fourth-order valence-electron chi connectivity index (χ4n) is 3.37. The van der Waals surface area contributed by atoms with Crippen LogP contribution >= 0.6 is 0 Å². The van der Waals surface area contributed by atoms with Gasteiger partial charge in [-0.2, -0.15) is 0 Å². The maximum absolute atomic E-state index is 12.7. The summed E-state index contributed by atoms with van der Waals surface area (Å²) in [6, 6.07) is 8.74. The lowest BCUT2D eigenvalue weighted by Gasteiger charge is -2.28. The van der Waals surface area contributed by atoms with Gasteiger partial charge in [-0.15, -0.1) is 0 Å². The second-order valence-corrected chi connectivity index (χ2v) is 6.38. The molecule has 2 atom stereocenters. The molecule has 0 aliphatic carbocycles. The minimum atomic E-state index is -0.585. The van der Waals surface area contributed by atoms with Gasteiger partial charge in [0.2, 0.25) is 5.91 Å². The summed E-state index contributed by atoms with van der Waals surface area (Å²) in [5, 5.41) is 0. The first-order chi connectivity index (χ1) is 11.6. The van der Waals surface area contributed by atoms with E-state index in [1.807, 2.05) is 37.3 Å². The molecule has 24 heavy (non-hydrogen) atoms. The smallest absolute Gasteiger partial charge is 0.410 e. The molecule has 0 saturated carbocycles. The van der Waals surface area contributed by atoms with Crippen LogP contribution in [0.3, 0.4) is 0 Å². The lowest BCUT2D eigenvalue weighted by atomic mass is 10.1. The van der Waals surface area contributed by atoms with Gasteiger partial charge in [-0.3, -0.25) is 19.4 Å². The Balaban J connectivity index is 1.63. The summed E-state index contributed by atoms with van der Waals surface area (Å²) in [6.07, 6.45) is 1.92. The molecule has 2 fully saturated rings. The number of ether oxygens (including phenoxy) is 1. The van der Waals surface area contributed by atoms with Crippen LogP contribution < -0.4 is 0 Å². The Labute approximate surface area is 141 Å². The minimum Gasteiger partial charge on any atom is -0.445 e. The predicted octanol–water partition coefficient (Wildman–Crippen LogP) is 2.33. The van der Waals surface area contributed by atoms with Crippen molar-refractivity contribution < 1.29 is 19.1 Å². The maximum atomic E-state index is 12.7. The third-order valence-electron chi connectivity index (χ3n) is 4.70. The van der Waals surface area contributed by atoms with Gasteiger partial charge in [-0.05, 0) is 31.7 Å². The Morgan fingerprint density at radius 1 is 1.21 bits per heavy atom. The number of hydrogen-bond acceptors (Lipinski definition) is 4. The normalized spacial score (nSPS) is 23.6. The standard InChI is InChI=1S/C18H22N2O4/c1-13-9-10-16(21)20(13)17(22)15-8-5-11-19(15)18(23)24-12-14-6-3-2-4-7-14/h2-4,6-7,13,15H,5,8-12H2,1H3/t13-,15-/m0/s1. The van der Waals surface area contributed by atoms with Gasteiger partial charge in [-0.1, -0.05) is 30.3 Å². The molecule has 1 aromatic rings. The van der Waals surface area contributed by atoms with E-state index in [1.54, 1.807) is 0 Å². The Hall–Kier alpha value is -2.37. The number of hydrogen-bond donors (Lipinski definition) is 0. The average Bonchev–Trinajstić information content (AvgIpc) is 3.20.